The van der Waals surface area contributed by atoms with Crippen LogP contribution in [0.4, 0.5) is 26.3 Å². The molecule has 1 N–H and O–H groups in total. The smallest absolute Gasteiger partial charge is 0.421 e. The zero-order valence-electron chi connectivity index (χ0n) is 13.1. The first-order valence-corrected chi connectivity index (χ1v) is 12.8. The van der Waals surface area contributed by atoms with Gasteiger partial charge in [-0.1, -0.05) is 19.6 Å². The third kappa shape index (κ3) is 8.19. The lowest BCUT2D eigenvalue weighted by atomic mass is 10.9. The lowest BCUT2D eigenvalue weighted by Gasteiger charge is -2.22. The molecule has 0 spiro atoms. The molecule has 0 aliphatic rings. The Labute approximate surface area is 141 Å². The summed E-state index contributed by atoms with van der Waals surface area (Å²) in [7, 11) is -14.4. The van der Waals surface area contributed by atoms with E-state index in [1.165, 1.54) is 6.17 Å². The van der Waals surface area contributed by atoms with Gasteiger partial charge in [0, 0.05) is 0 Å². The molecule has 7 nitrogen and oxygen atoms in total. The minimum Gasteiger partial charge on any atom is -0.421 e. The van der Waals surface area contributed by atoms with Crippen LogP contribution in [0.3, 0.4) is 0 Å². The molecule has 16 heteroatoms. The summed E-state index contributed by atoms with van der Waals surface area (Å²) in [5.74, 6) is 0. The van der Waals surface area contributed by atoms with Crippen molar-refractivity contribution in [3.05, 3.63) is 22.8 Å². The molecule has 0 saturated carbocycles. The molecule has 0 bridgehead atoms. The highest BCUT2D eigenvalue weighted by Crippen LogP contribution is 2.36. The molecule has 0 aromatic carbocycles. The van der Waals surface area contributed by atoms with E-state index in [0.717, 1.165) is 4.13 Å². The van der Waals surface area contributed by atoms with Crippen molar-refractivity contribution in [2.75, 3.05) is 0 Å². The second-order valence-corrected chi connectivity index (χ2v) is 14.6. The van der Waals surface area contributed by atoms with Crippen molar-refractivity contribution >= 4 is 28.1 Å². The molecular weight excluding hydrogens is 420 g/mol. The number of hydrogen-bond acceptors (Lipinski definition) is 4. The number of aromatic amines is 1. The van der Waals surface area contributed by atoms with Gasteiger partial charge in [0.15, 0.2) is 20.0 Å². The Bertz CT molecular complexity index is 709. The maximum atomic E-state index is 11.4. The molecule has 1 rings (SSSR count). The maximum absolute atomic E-state index is 11.4. The van der Waals surface area contributed by atoms with Gasteiger partial charge in [0.25, 0.3) is 0 Å². The lowest BCUT2D eigenvalue weighted by Crippen LogP contribution is -2.44. The predicted molar refractivity (Wildman–Crippen MR) is 77.6 cm³/mol. The number of hydrogen-bond donors (Lipinski definition) is 1. The largest absolute Gasteiger partial charge is 0.480 e. The molecule has 0 atom stereocenters. The van der Waals surface area contributed by atoms with Gasteiger partial charge < -0.3 is 4.13 Å². The predicted octanol–water partition coefficient (Wildman–Crippen LogP) is 2.24. The van der Waals surface area contributed by atoms with Gasteiger partial charge in [-0.25, -0.2) is 21.4 Å². The molecule has 0 amide bonds. The van der Waals surface area contributed by atoms with Crippen molar-refractivity contribution in [2.45, 2.75) is 36.8 Å². The van der Waals surface area contributed by atoms with Gasteiger partial charge in [-0.15, -0.1) is 0 Å². The van der Waals surface area contributed by atoms with Crippen LogP contribution in [0.2, 0.25) is 19.6 Å². The van der Waals surface area contributed by atoms with E-state index in [4.69, 9.17) is 0 Å². The summed E-state index contributed by atoms with van der Waals surface area (Å²) in [4.78, 5) is 3.04. The number of nitrogens with one attached hydrogen (secondary N) is 1. The van der Waals surface area contributed by atoms with Crippen LogP contribution in [-0.2, 0) is 26.2 Å². The van der Waals surface area contributed by atoms with Crippen molar-refractivity contribution in [1.29, 1.82) is 0 Å². The molecule has 1 heterocycles. The van der Waals surface area contributed by atoms with Crippen molar-refractivity contribution < 1.29 is 47.7 Å². The van der Waals surface area contributed by atoms with Gasteiger partial charge in [0.2, 0.25) is 6.33 Å². The van der Waals surface area contributed by atoms with Crippen LogP contribution in [0.25, 0.3) is 4.13 Å². The van der Waals surface area contributed by atoms with Crippen molar-refractivity contribution in [1.82, 2.24) is 4.98 Å². The van der Waals surface area contributed by atoms with Crippen LogP contribution < -0.4 is 4.57 Å². The van der Waals surface area contributed by atoms with Crippen molar-refractivity contribution in [3.63, 3.8) is 0 Å². The molecule has 1 aromatic rings. The van der Waals surface area contributed by atoms with Gasteiger partial charge in [-0.05, 0) is 0 Å². The lowest BCUT2D eigenvalue weighted by molar-refractivity contribution is -0.679. The van der Waals surface area contributed by atoms with Crippen LogP contribution in [0.15, 0.2) is 18.7 Å². The zero-order chi connectivity index (χ0) is 20.3. The summed E-state index contributed by atoms with van der Waals surface area (Å²) in [5.41, 5.74) is -12.4. The summed E-state index contributed by atoms with van der Waals surface area (Å²) in [6, 6.07) is 0. The van der Waals surface area contributed by atoms with E-state index < -0.39 is 39.1 Å². The molecule has 0 radical (unpaired) electrons. The molecule has 0 unspecified atom stereocenters. The minimum absolute atomic E-state index is 0.778. The molecule has 148 valence electrons. The van der Waals surface area contributed by atoms with Crippen LogP contribution in [-0.4, -0.2) is 40.9 Å². The summed E-state index contributed by atoms with van der Waals surface area (Å²) in [5, 5.41) is 0. The Morgan fingerprint density at radius 3 is 1.60 bits per heavy atom. The number of imidazole rings is 1. The Hall–Kier alpha value is -1.13. The van der Waals surface area contributed by atoms with Gasteiger partial charge in [0.1, 0.15) is 12.4 Å². The number of alkyl halides is 6. The van der Waals surface area contributed by atoms with Gasteiger partial charge in [-0.3, -0.25) is 4.98 Å². The highest BCUT2D eigenvalue weighted by Gasteiger charge is 2.46. The van der Waals surface area contributed by atoms with Crippen molar-refractivity contribution in [3.8, 4) is 0 Å². The fourth-order valence-corrected chi connectivity index (χ4v) is 4.18. The summed E-state index contributed by atoms with van der Waals surface area (Å²) in [6.07, 6.45) is 7.26. The van der Waals surface area contributed by atoms with Crippen LogP contribution in [0.5, 0.6) is 0 Å². The number of halogens is 6. The Balaban J connectivity index is 0.000000496. The van der Waals surface area contributed by atoms with E-state index in [1.54, 1.807) is 0 Å². The fraction of sp³-hybridized carbons (Fsp3) is 0.667. The number of rotatable bonds is 4. The molecule has 25 heavy (non-hydrogen) atoms. The van der Waals surface area contributed by atoms with Crippen LogP contribution in [0.1, 0.15) is 0 Å². The van der Waals surface area contributed by atoms with Gasteiger partial charge in [-0.2, -0.15) is 26.3 Å². The Morgan fingerprint density at radius 1 is 0.960 bits per heavy atom. The zero-order valence-corrected chi connectivity index (χ0v) is 15.7. The third-order valence-electron chi connectivity index (χ3n) is 2.04. The molecular formula is C9H15F6N3O4S2Si. The molecule has 1 aromatic heterocycles. The molecule has 0 aliphatic heterocycles. The van der Waals surface area contributed by atoms with Crippen LogP contribution >= 0.6 is 0 Å². The number of nitrogens with zero attached hydrogens (tertiary/aromatic N) is 2. The van der Waals surface area contributed by atoms with Crippen LogP contribution in [0, 0.1) is 0 Å². The first kappa shape index (κ1) is 23.9. The molecule has 0 aliphatic carbocycles. The Morgan fingerprint density at radius 2 is 1.36 bits per heavy atom. The third-order valence-corrected chi connectivity index (χ3v) is 6.09. The van der Waals surface area contributed by atoms with Gasteiger partial charge >= 0.3 is 11.0 Å². The standard InChI is InChI=1S/C7H14N2Si.C2F6NO4S2/c1-10(2,3)7-9-5-4-8-6-9;3-1(4,5)14(10,11)9-15(12,13)2(6,7)8/h4-6H,7H2,1-3H3;/q;-1/p+1. The quantitative estimate of drug-likeness (QED) is 0.445. The fourth-order valence-electron chi connectivity index (χ4n) is 1.18. The van der Waals surface area contributed by atoms with E-state index in [-0.39, 0.29) is 0 Å². The highest BCUT2D eigenvalue weighted by atomic mass is 32.3. The summed E-state index contributed by atoms with van der Waals surface area (Å²) in [6.45, 7) is 7.10. The van der Waals surface area contributed by atoms with E-state index in [9.17, 15) is 43.2 Å². The first-order chi connectivity index (χ1) is 10.8. The van der Waals surface area contributed by atoms with Crippen molar-refractivity contribution in [2.24, 2.45) is 0 Å². The minimum atomic E-state index is -6.72. The summed E-state index contributed by atoms with van der Waals surface area (Å²) < 4.78 is 111. The SMILES string of the molecule is C[Si](C)(C)C[n+]1cc[nH]c1.O=S(=O)([N-]S(=O)(=O)C(F)(F)F)C(F)(F)F. The van der Waals surface area contributed by atoms with E-state index >= 15 is 0 Å². The molecule has 0 saturated heterocycles. The van der Waals surface area contributed by atoms with Gasteiger partial charge in [0.05, 0.1) is 14.2 Å². The number of aromatic nitrogens is 2. The average Bonchev–Trinajstić information content (AvgIpc) is 2.75. The number of H-pyrrole nitrogens is 1. The molecule has 0 fully saturated rings. The summed E-state index contributed by atoms with van der Waals surface area (Å²) >= 11 is 0. The monoisotopic (exact) mass is 435 g/mol. The topological polar surface area (TPSA) is 102 Å². The average molecular weight is 435 g/mol. The number of sulfonamides is 2. The van der Waals surface area contributed by atoms with E-state index in [1.807, 2.05) is 12.5 Å². The maximum Gasteiger partial charge on any atom is 0.480 e. The Kier molecular flexibility index (Phi) is 7.28. The van der Waals surface area contributed by atoms with E-state index in [2.05, 4.69) is 35.4 Å². The second kappa shape index (κ2) is 7.63. The normalized spacial score (nSPS) is 14.0. The highest BCUT2D eigenvalue weighted by molar-refractivity contribution is 8.13. The van der Waals surface area contributed by atoms with E-state index in [0.29, 0.717) is 0 Å². The first-order valence-electron chi connectivity index (χ1n) is 6.17. The second-order valence-electron chi connectivity index (χ2n) is 5.76.